The number of quaternary nitrogens is 1. The van der Waals surface area contributed by atoms with Crippen LogP contribution < -0.4 is 0 Å². The standard InChI is InChI=1S/C22H39NO6/c1-2-3-4-5-6-7-8-9-10-11-12-13-14-15-16-23(17-20(24)25,18-21(26)27)19-22(28)29/h6-7H,2-5,8-19H2,1H3,(H2-,24,25,26,27,28,29)/p+1/b7-6+. The van der Waals surface area contributed by atoms with E-state index in [2.05, 4.69) is 19.1 Å². The van der Waals surface area contributed by atoms with Crippen LogP contribution in [0.5, 0.6) is 0 Å². The van der Waals surface area contributed by atoms with Gasteiger partial charge < -0.3 is 15.3 Å². The van der Waals surface area contributed by atoms with Crippen LogP contribution in [0.3, 0.4) is 0 Å². The van der Waals surface area contributed by atoms with Gasteiger partial charge in [0.1, 0.15) is 0 Å². The van der Waals surface area contributed by atoms with Gasteiger partial charge in [-0.3, -0.25) is 4.48 Å². The van der Waals surface area contributed by atoms with E-state index >= 15 is 0 Å². The Bertz CT molecular complexity index is 463. The molecular formula is C22H40NO6+. The molecule has 29 heavy (non-hydrogen) atoms. The van der Waals surface area contributed by atoms with Crippen molar-refractivity contribution in [3.8, 4) is 0 Å². The maximum absolute atomic E-state index is 11.1. The van der Waals surface area contributed by atoms with Crippen molar-refractivity contribution in [2.75, 3.05) is 26.2 Å². The van der Waals surface area contributed by atoms with E-state index in [0.717, 1.165) is 32.1 Å². The molecule has 0 aliphatic rings. The molecule has 0 heterocycles. The third kappa shape index (κ3) is 16.7. The molecule has 0 fully saturated rings. The average Bonchev–Trinajstić information content (AvgIpc) is 2.60. The summed E-state index contributed by atoms with van der Waals surface area (Å²) in [6.07, 6.45) is 17.8. The molecular weight excluding hydrogens is 374 g/mol. The van der Waals surface area contributed by atoms with Gasteiger partial charge in [0.25, 0.3) is 0 Å². The van der Waals surface area contributed by atoms with Crippen LogP contribution in [-0.2, 0) is 14.4 Å². The molecule has 0 atom stereocenters. The van der Waals surface area contributed by atoms with Gasteiger partial charge in [-0.2, -0.15) is 0 Å². The summed E-state index contributed by atoms with van der Waals surface area (Å²) in [6, 6.07) is 0. The Morgan fingerprint density at radius 3 is 1.41 bits per heavy atom. The van der Waals surface area contributed by atoms with Crippen molar-refractivity contribution >= 4 is 17.9 Å². The molecule has 0 saturated heterocycles. The topological polar surface area (TPSA) is 112 Å². The maximum Gasteiger partial charge on any atom is 0.359 e. The minimum Gasteiger partial charge on any atom is -0.477 e. The predicted octanol–water partition coefficient (Wildman–Crippen LogP) is 4.31. The first kappa shape index (κ1) is 27.1. The van der Waals surface area contributed by atoms with Crippen molar-refractivity contribution in [2.24, 2.45) is 0 Å². The van der Waals surface area contributed by atoms with Gasteiger partial charge >= 0.3 is 17.9 Å². The summed E-state index contributed by atoms with van der Waals surface area (Å²) in [5.41, 5.74) is 0. The second kappa shape index (κ2) is 17.0. The van der Waals surface area contributed by atoms with Gasteiger partial charge in [0.2, 0.25) is 0 Å². The monoisotopic (exact) mass is 414 g/mol. The third-order valence-electron chi connectivity index (χ3n) is 5.06. The van der Waals surface area contributed by atoms with Gasteiger partial charge in [-0.15, -0.1) is 0 Å². The summed E-state index contributed by atoms with van der Waals surface area (Å²) in [5, 5.41) is 27.3. The number of nitrogens with zero attached hydrogens (tertiary/aromatic N) is 1. The van der Waals surface area contributed by atoms with Crippen molar-refractivity contribution < 1.29 is 34.2 Å². The van der Waals surface area contributed by atoms with E-state index in [9.17, 15) is 14.4 Å². The number of allylic oxidation sites excluding steroid dienone is 2. The highest BCUT2D eigenvalue weighted by Crippen LogP contribution is 2.14. The fourth-order valence-corrected chi connectivity index (χ4v) is 3.61. The summed E-state index contributed by atoms with van der Waals surface area (Å²) in [7, 11) is 0. The number of carbonyl (C=O) groups is 3. The molecule has 0 aromatic carbocycles. The quantitative estimate of drug-likeness (QED) is 0.155. The van der Waals surface area contributed by atoms with E-state index < -0.39 is 42.0 Å². The number of hydrogen-bond acceptors (Lipinski definition) is 3. The average molecular weight is 415 g/mol. The van der Waals surface area contributed by atoms with Crippen LogP contribution in [0.4, 0.5) is 0 Å². The second-order valence-electron chi connectivity index (χ2n) is 7.95. The van der Waals surface area contributed by atoms with Gasteiger partial charge in [-0.1, -0.05) is 57.6 Å². The fourth-order valence-electron chi connectivity index (χ4n) is 3.61. The molecule has 7 heteroatoms. The molecule has 0 radical (unpaired) electrons. The fraction of sp³-hybridized carbons (Fsp3) is 0.773. The lowest BCUT2D eigenvalue weighted by Crippen LogP contribution is -2.57. The van der Waals surface area contributed by atoms with Crippen molar-refractivity contribution in [3.63, 3.8) is 0 Å². The number of carboxylic acid groups (broad SMARTS) is 3. The minimum absolute atomic E-state index is 0.258. The largest absolute Gasteiger partial charge is 0.477 e. The zero-order valence-corrected chi connectivity index (χ0v) is 18.0. The summed E-state index contributed by atoms with van der Waals surface area (Å²) in [5.74, 6) is -3.52. The van der Waals surface area contributed by atoms with Gasteiger partial charge in [0.15, 0.2) is 19.6 Å². The first-order chi connectivity index (χ1) is 13.8. The lowest BCUT2D eigenvalue weighted by atomic mass is 10.1. The van der Waals surface area contributed by atoms with Crippen LogP contribution in [0.1, 0.15) is 84.0 Å². The Hall–Kier alpha value is -1.89. The van der Waals surface area contributed by atoms with Crippen LogP contribution in [0.15, 0.2) is 12.2 Å². The third-order valence-corrected chi connectivity index (χ3v) is 5.06. The Morgan fingerprint density at radius 1 is 0.621 bits per heavy atom. The van der Waals surface area contributed by atoms with E-state index in [1.165, 1.54) is 38.5 Å². The Balaban J connectivity index is 4.01. The molecule has 0 saturated carbocycles. The van der Waals surface area contributed by atoms with Gasteiger partial charge in [-0.05, 0) is 38.5 Å². The van der Waals surface area contributed by atoms with Crippen molar-refractivity contribution in [1.29, 1.82) is 0 Å². The van der Waals surface area contributed by atoms with Crippen molar-refractivity contribution in [2.45, 2.75) is 84.0 Å². The smallest absolute Gasteiger partial charge is 0.359 e. The molecule has 0 rings (SSSR count). The molecule has 0 aromatic heterocycles. The molecule has 0 aliphatic carbocycles. The lowest BCUT2D eigenvalue weighted by molar-refractivity contribution is -0.907. The molecule has 0 spiro atoms. The highest BCUT2D eigenvalue weighted by molar-refractivity contribution is 5.73. The molecule has 0 amide bonds. The Morgan fingerprint density at radius 2 is 1.00 bits per heavy atom. The molecule has 7 nitrogen and oxygen atoms in total. The highest BCUT2D eigenvalue weighted by Gasteiger charge is 2.35. The summed E-state index contributed by atoms with van der Waals surface area (Å²) in [4.78, 5) is 33.4. The number of carboxylic acids is 3. The predicted molar refractivity (Wildman–Crippen MR) is 113 cm³/mol. The van der Waals surface area contributed by atoms with Crippen LogP contribution in [-0.4, -0.2) is 63.9 Å². The van der Waals surface area contributed by atoms with Gasteiger partial charge in [0.05, 0.1) is 6.54 Å². The van der Waals surface area contributed by atoms with E-state index in [0.29, 0.717) is 6.42 Å². The van der Waals surface area contributed by atoms with E-state index in [1.807, 2.05) is 0 Å². The van der Waals surface area contributed by atoms with Gasteiger partial charge in [0, 0.05) is 0 Å². The van der Waals surface area contributed by atoms with Gasteiger partial charge in [-0.25, -0.2) is 14.4 Å². The number of unbranched alkanes of at least 4 members (excludes halogenated alkanes) is 10. The SMILES string of the molecule is CCCCC/C=C/CCCCCCCCC[N+](CC(=O)O)(CC(=O)O)CC(=O)O. The Labute approximate surface area is 175 Å². The molecule has 168 valence electrons. The maximum atomic E-state index is 11.1. The lowest BCUT2D eigenvalue weighted by Gasteiger charge is -2.34. The zero-order valence-electron chi connectivity index (χ0n) is 18.0. The molecule has 0 aromatic rings. The minimum atomic E-state index is -1.17. The number of rotatable bonds is 20. The van der Waals surface area contributed by atoms with Crippen molar-refractivity contribution in [3.05, 3.63) is 12.2 Å². The van der Waals surface area contributed by atoms with E-state index in [4.69, 9.17) is 15.3 Å². The summed E-state index contributed by atoms with van der Waals surface area (Å²) >= 11 is 0. The summed E-state index contributed by atoms with van der Waals surface area (Å²) < 4.78 is -0.440. The number of aliphatic carboxylic acids is 3. The van der Waals surface area contributed by atoms with Crippen LogP contribution in [0.2, 0.25) is 0 Å². The highest BCUT2D eigenvalue weighted by atomic mass is 16.4. The molecule has 0 unspecified atom stereocenters. The molecule has 3 N–H and O–H groups in total. The summed E-state index contributed by atoms with van der Waals surface area (Å²) in [6.45, 7) is 1.02. The first-order valence-corrected chi connectivity index (χ1v) is 11.0. The van der Waals surface area contributed by atoms with Crippen LogP contribution in [0.25, 0.3) is 0 Å². The molecule has 0 bridgehead atoms. The van der Waals surface area contributed by atoms with Crippen molar-refractivity contribution in [1.82, 2.24) is 0 Å². The molecule has 0 aliphatic heterocycles. The van der Waals surface area contributed by atoms with E-state index in [1.54, 1.807) is 0 Å². The number of hydrogen-bond donors (Lipinski definition) is 3. The van der Waals surface area contributed by atoms with E-state index in [-0.39, 0.29) is 6.54 Å². The van der Waals surface area contributed by atoms with Crippen LogP contribution in [0, 0.1) is 0 Å². The normalized spacial score (nSPS) is 11.8. The second-order valence-corrected chi connectivity index (χ2v) is 7.95. The zero-order chi connectivity index (χ0) is 22.0. The first-order valence-electron chi connectivity index (χ1n) is 11.0. The Kier molecular flexibility index (Phi) is 15.9. The van der Waals surface area contributed by atoms with Crippen LogP contribution >= 0.6 is 0 Å².